The number of amides is 1. The SMILES string of the molecule is COc1ccc2cc(C(=O)NC[C@@H]3CCS(=O)(=O)C3)[nH]c2c1. The second-order valence-corrected chi connectivity index (χ2v) is 7.84. The molecule has 6 nitrogen and oxygen atoms in total. The highest BCUT2D eigenvalue weighted by Crippen LogP contribution is 2.21. The van der Waals surface area contributed by atoms with E-state index in [1.165, 1.54) is 0 Å². The molecule has 0 aliphatic carbocycles. The Bertz CT molecular complexity index is 810. The molecule has 1 amide bonds. The highest BCUT2D eigenvalue weighted by atomic mass is 32.2. The first-order valence-corrected chi connectivity index (χ1v) is 8.94. The van der Waals surface area contributed by atoms with Gasteiger partial charge in [-0.2, -0.15) is 0 Å². The fourth-order valence-corrected chi connectivity index (χ4v) is 4.58. The molecule has 1 aliphatic rings. The Kier molecular flexibility index (Phi) is 3.82. The van der Waals surface area contributed by atoms with Gasteiger partial charge in [0.05, 0.1) is 18.6 Å². The maximum absolute atomic E-state index is 12.2. The highest BCUT2D eigenvalue weighted by molar-refractivity contribution is 7.91. The molecule has 3 rings (SSSR count). The van der Waals surface area contributed by atoms with E-state index in [0.29, 0.717) is 18.7 Å². The maximum atomic E-state index is 12.2. The van der Waals surface area contributed by atoms with Crippen LogP contribution in [0.25, 0.3) is 10.9 Å². The second kappa shape index (κ2) is 5.64. The Morgan fingerprint density at radius 3 is 2.91 bits per heavy atom. The summed E-state index contributed by atoms with van der Waals surface area (Å²) >= 11 is 0. The van der Waals surface area contributed by atoms with Gasteiger partial charge in [0, 0.05) is 23.5 Å². The van der Waals surface area contributed by atoms with Gasteiger partial charge in [0.25, 0.3) is 5.91 Å². The molecule has 1 atom stereocenters. The van der Waals surface area contributed by atoms with Crippen LogP contribution >= 0.6 is 0 Å². The number of sulfone groups is 1. The lowest BCUT2D eigenvalue weighted by atomic mass is 10.1. The van der Waals surface area contributed by atoms with Gasteiger partial charge in [-0.3, -0.25) is 4.79 Å². The molecule has 1 aromatic carbocycles. The molecule has 0 saturated carbocycles. The molecular formula is C15H18N2O4S. The Morgan fingerprint density at radius 2 is 2.23 bits per heavy atom. The topological polar surface area (TPSA) is 88.3 Å². The van der Waals surface area contributed by atoms with E-state index in [1.807, 2.05) is 18.2 Å². The number of aromatic nitrogens is 1. The van der Waals surface area contributed by atoms with Gasteiger partial charge in [0.2, 0.25) is 0 Å². The number of rotatable bonds is 4. The number of hydrogen-bond donors (Lipinski definition) is 2. The van der Waals surface area contributed by atoms with Crippen molar-refractivity contribution in [2.75, 3.05) is 25.2 Å². The first kappa shape index (κ1) is 14.9. The molecule has 22 heavy (non-hydrogen) atoms. The van der Waals surface area contributed by atoms with Gasteiger partial charge in [0.15, 0.2) is 9.84 Å². The van der Waals surface area contributed by atoms with E-state index in [9.17, 15) is 13.2 Å². The van der Waals surface area contributed by atoms with Crippen LogP contribution in [0, 0.1) is 5.92 Å². The average molecular weight is 322 g/mol. The van der Waals surface area contributed by atoms with Crippen molar-refractivity contribution >= 4 is 26.6 Å². The third-order valence-corrected chi connectivity index (χ3v) is 5.79. The van der Waals surface area contributed by atoms with Crippen LogP contribution in [0.15, 0.2) is 24.3 Å². The van der Waals surface area contributed by atoms with Crippen molar-refractivity contribution in [3.05, 3.63) is 30.0 Å². The minimum absolute atomic E-state index is 0.0124. The minimum Gasteiger partial charge on any atom is -0.497 e. The molecule has 2 heterocycles. The lowest BCUT2D eigenvalue weighted by Crippen LogP contribution is -2.30. The molecule has 0 radical (unpaired) electrons. The number of aromatic amines is 1. The minimum atomic E-state index is -2.91. The van der Waals surface area contributed by atoms with Crippen molar-refractivity contribution in [1.82, 2.24) is 10.3 Å². The van der Waals surface area contributed by atoms with Crippen LogP contribution in [0.4, 0.5) is 0 Å². The van der Waals surface area contributed by atoms with E-state index in [-0.39, 0.29) is 23.3 Å². The van der Waals surface area contributed by atoms with Gasteiger partial charge in [-0.15, -0.1) is 0 Å². The Morgan fingerprint density at radius 1 is 1.41 bits per heavy atom. The molecule has 1 aromatic heterocycles. The van der Waals surface area contributed by atoms with E-state index < -0.39 is 9.84 Å². The van der Waals surface area contributed by atoms with Gasteiger partial charge < -0.3 is 15.0 Å². The highest BCUT2D eigenvalue weighted by Gasteiger charge is 2.28. The van der Waals surface area contributed by atoms with Crippen molar-refractivity contribution in [2.24, 2.45) is 5.92 Å². The summed E-state index contributed by atoms with van der Waals surface area (Å²) < 4.78 is 28.0. The van der Waals surface area contributed by atoms with Crippen LogP contribution in [0.5, 0.6) is 5.75 Å². The summed E-state index contributed by atoms with van der Waals surface area (Å²) in [6.45, 7) is 0.386. The molecule has 2 aromatic rings. The number of nitrogens with one attached hydrogen (secondary N) is 2. The summed E-state index contributed by atoms with van der Waals surface area (Å²) in [5.41, 5.74) is 1.29. The molecule has 0 unspecified atom stereocenters. The fourth-order valence-electron chi connectivity index (χ4n) is 2.72. The van der Waals surface area contributed by atoms with Gasteiger partial charge >= 0.3 is 0 Å². The summed E-state index contributed by atoms with van der Waals surface area (Å²) in [6, 6.07) is 7.32. The monoisotopic (exact) mass is 322 g/mol. The molecule has 0 bridgehead atoms. The van der Waals surface area contributed by atoms with E-state index in [0.717, 1.165) is 16.7 Å². The lowest BCUT2D eigenvalue weighted by Gasteiger charge is -2.08. The number of hydrogen-bond acceptors (Lipinski definition) is 4. The van der Waals surface area contributed by atoms with Gasteiger partial charge in [-0.25, -0.2) is 8.42 Å². The summed E-state index contributed by atoms with van der Waals surface area (Å²) in [7, 11) is -1.32. The average Bonchev–Trinajstić information content (AvgIpc) is 3.06. The zero-order chi connectivity index (χ0) is 15.7. The normalized spacial score (nSPS) is 20.1. The molecule has 1 fully saturated rings. The third-order valence-electron chi connectivity index (χ3n) is 3.95. The van der Waals surface area contributed by atoms with E-state index >= 15 is 0 Å². The summed E-state index contributed by atoms with van der Waals surface area (Å²) in [4.78, 5) is 15.2. The molecular weight excluding hydrogens is 304 g/mol. The van der Waals surface area contributed by atoms with Crippen LogP contribution in [0.3, 0.4) is 0 Å². The van der Waals surface area contributed by atoms with Crippen LogP contribution in [0.1, 0.15) is 16.9 Å². The number of carbonyl (C=O) groups is 1. The molecule has 1 aliphatic heterocycles. The van der Waals surface area contributed by atoms with Gasteiger partial charge in [-0.05, 0) is 30.5 Å². The van der Waals surface area contributed by atoms with Crippen LogP contribution in [-0.2, 0) is 9.84 Å². The fraction of sp³-hybridized carbons (Fsp3) is 0.400. The predicted molar refractivity (Wildman–Crippen MR) is 83.9 cm³/mol. The van der Waals surface area contributed by atoms with Crippen molar-refractivity contribution in [3.8, 4) is 5.75 Å². The standard InChI is InChI=1S/C15H18N2O4S/c1-21-12-3-2-11-6-14(17-13(11)7-12)15(18)16-8-10-4-5-22(19,20)9-10/h2-3,6-7,10,17H,4-5,8-9H2,1H3,(H,16,18)/t10-/m0/s1. The Labute approximate surface area is 128 Å². The molecule has 0 spiro atoms. The lowest BCUT2D eigenvalue weighted by molar-refractivity contribution is 0.0944. The molecule has 2 N–H and O–H groups in total. The van der Waals surface area contributed by atoms with Crippen LogP contribution in [0.2, 0.25) is 0 Å². The maximum Gasteiger partial charge on any atom is 0.267 e. The largest absolute Gasteiger partial charge is 0.497 e. The molecule has 1 saturated heterocycles. The smallest absolute Gasteiger partial charge is 0.267 e. The molecule has 7 heteroatoms. The first-order chi connectivity index (χ1) is 10.5. The summed E-state index contributed by atoms with van der Waals surface area (Å²) in [5, 5.41) is 3.73. The number of ether oxygens (including phenoxy) is 1. The van der Waals surface area contributed by atoms with Crippen molar-refractivity contribution < 1.29 is 17.9 Å². The predicted octanol–water partition coefficient (Wildman–Crippen LogP) is 1.34. The van der Waals surface area contributed by atoms with Crippen LogP contribution in [-0.4, -0.2) is 44.5 Å². The van der Waals surface area contributed by atoms with Gasteiger partial charge in [-0.1, -0.05) is 0 Å². The third kappa shape index (κ3) is 3.09. The Balaban J connectivity index is 1.67. The van der Waals surface area contributed by atoms with E-state index in [2.05, 4.69) is 10.3 Å². The number of fused-ring (bicyclic) bond motifs is 1. The number of benzene rings is 1. The number of H-pyrrole nitrogens is 1. The first-order valence-electron chi connectivity index (χ1n) is 7.12. The Hall–Kier alpha value is -2.02. The number of methoxy groups -OCH3 is 1. The summed E-state index contributed by atoms with van der Waals surface area (Å²) in [5.74, 6) is 0.895. The second-order valence-electron chi connectivity index (χ2n) is 5.62. The summed E-state index contributed by atoms with van der Waals surface area (Å²) in [6.07, 6.45) is 0.618. The molecule has 118 valence electrons. The van der Waals surface area contributed by atoms with Gasteiger partial charge in [0.1, 0.15) is 11.4 Å². The zero-order valence-corrected chi connectivity index (χ0v) is 13.1. The zero-order valence-electron chi connectivity index (χ0n) is 12.3. The number of carbonyl (C=O) groups excluding carboxylic acids is 1. The quantitative estimate of drug-likeness (QED) is 0.889. The van der Waals surface area contributed by atoms with E-state index in [4.69, 9.17) is 4.74 Å². The van der Waals surface area contributed by atoms with Crippen molar-refractivity contribution in [1.29, 1.82) is 0 Å². The van der Waals surface area contributed by atoms with Crippen LogP contribution < -0.4 is 10.1 Å². The van der Waals surface area contributed by atoms with Crippen molar-refractivity contribution in [2.45, 2.75) is 6.42 Å². The van der Waals surface area contributed by atoms with E-state index in [1.54, 1.807) is 13.2 Å². The van der Waals surface area contributed by atoms with Crippen molar-refractivity contribution in [3.63, 3.8) is 0 Å².